The van der Waals surface area contributed by atoms with Crippen molar-refractivity contribution in [2.24, 2.45) is 0 Å². The summed E-state index contributed by atoms with van der Waals surface area (Å²) in [6.45, 7) is 9.70. The molecular weight excluding hydrogens is 186 g/mol. The van der Waals surface area contributed by atoms with E-state index in [1.165, 1.54) is 64.7 Å². The molecule has 0 saturated carbocycles. The van der Waals surface area contributed by atoms with E-state index >= 15 is 0 Å². The van der Waals surface area contributed by atoms with E-state index in [0.717, 1.165) is 0 Å². The van der Waals surface area contributed by atoms with Gasteiger partial charge in [-0.25, -0.2) is 0 Å². The van der Waals surface area contributed by atoms with Gasteiger partial charge in [0.25, 0.3) is 0 Å². The highest BCUT2D eigenvalue weighted by Crippen LogP contribution is 2.20. The van der Waals surface area contributed by atoms with E-state index < -0.39 is 0 Å². The van der Waals surface area contributed by atoms with Crippen molar-refractivity contribution in [1.29, 1.82) is 0 Å². The molecule has 2 rings (SSSR count). The van der Waals surface area contributed by atoms with E-state index in [1.54, 1.807) is 0 Å². The minimum absolute atomic E-state index is 1.21. The highest BCUT2D eigenvalue weighted by Gasteiger charge is 2.25. The Morgan fingerprint density at radius 3 is 1.87 bits per heavy atom. The minimum atomic E-state index is 1.21. The Morgan fingerprint density at radius 2 is 1.27 bits per heavy atom. The average molecular weight is 210 g/mol. The van der Waals surface area contributed by atoms with Gasteiger partial charge in [-0.3, -0.25) is 9.80 Å². The fourth-order valence-electron chi connectivity index (χ4n) is 2.55. The molecule has 0 N–H and O–H groups in total. The van der Waals surface area contributed by atoms with Crippen LogP contribution < -0.4 is 0 Å². The number of piperazine rings is 1. The number of likely N-dealkylation sites (tertiary alicyclic amines) is 1. The Morgan fingerprint density at radius 1 is 0.733 bits per heavy atom. The minimum Gasteiger partial charge on any atom is -0.304 e. The lowest BCUT2D eigenvalue weighted by Crippen LogP contribution is -2.50. The third-order valence-electron chi connectivity index (χ3n) is 3.77. The van der Waals surface area contributed by atoms with E-state index in [2.05, 4.69) is 28.7 Å². The van der Waals surface area contributed by atoms with Crippen LogP contribution >= 0.6 is 0 Å². The molecule has 0 aromatic carbocycles. The predicted octanol–water partition coefficient (Wildman–Crippen LogP) is 1.23. The first-order valence-corrected chi connectivity index (χ1v) is 6.29. The van der Waals surface area contributed by atoms with E-state index in [0.29, 0.717) is 0 Å². The number of piperidine rings is 1. The highest BCUT2D eigenvalue weighted by molar-refractivity contribution is 4.89. The fraction of sp³-hybridized carbons (Fsp3) is 0.917. The Labute approximate surface area is 94.0 Å². The molecule has 0 aromatic heterocycles. The second-order valence-corrected chi connectivity index (χ2v) is 4.89. The fourth-order valence-corrected chi connectivity index (χ4v) is 2.55. The van der Waals surface area contributed by atoms with Gasteiger partial charge in [0.2, 0.25) is 0 Å². The van der Waals surface area contributed by atoms with Crippen molar-refractivity contribution in [3.8, 4) is 0 Å². The maximum Gasteiger partial charge on any atom is 0.103 e. The molecule has 2 heterocycles. The van der Waals surface area contributed by atoms with Gasteiger partial charge in [0.1, 0.15) is 6.17 Å². The summed E-state index contributed by atoms with van der Waals surface area (Å²) in [6, 6.07) is 0. The van der Waals surface area contributed by atoms with Gasteiger partial charge in [0.05, 0.1) is 0 Å². The maximum atomic E-state index is 2.58. The van der Waals surface area contributed by atoms with Gasteiger partial charge in [-0.1, -0.05) is 6.42 Å². The van der Waals surface area contributed by atoms with Crippen molar-refractivity contribution in [3.05, 3.63) is 6.17 Å². The first kappa shape index (κ1) is 11.4. The van der Waals surface area contributed by atoms with Crippen molar-refractivity contribution in [2.75, 3.05) is 46.3 Å². The Hall–Kier alpha value is -0.120. The quantitative estimate of drug-likeness (QED) is 0.679. The second-order valence-electron chi connectivity index (χ2n) is 4.89. The van der Waals surface area contributed by atoms with E-state index in [4.69, 9.17) is 0 Å². The molecule has 0 aliphatic carbocycles. The summed E-state index contributed by atoms with van der Waals surface area (Å²) in [5.41, 5.74) is 0. The lowest BCUT2D eigenvalue weighted by molar-refractivity contribution is 0.0821. The van der Waals surface area contributed by atoms with Gasteiger partial charge in [0, 0.05) is 26.2 Å². The Bertz CT molecular complexity index is 181. The summed E-state index contributed by atoms with van der Waals surface area (Å²) in [7, 11) is 2.22. The smallest absolute Gasteiger partial charge is 0.103 e. The largest absolute Gasteiger partial charge is 0.304 e. The molecule has 2 aliphatic rings. The summed E-state index contributed by atoms with van der Waals surface area (Å²) in [4.78, 5) is 7.56. The zero-order chi connectivity index (χ0) is 10.7. The van der Waals surface area contributed by atoms with Crippen molar-refractivity contribution >= 4 is 0 Å². The number of rotatable bonds is 2. The second kappa shape index (κ2) is 5.28. The number of hydrogen-bond acceptors (Lipinski definition) is 3. The maximum absolute atomic E-state index is 2.58. The normalized spacial score (nSPS) is 27.4. The van der Waals surface area contributed by atoms with Crippen LogP contribution in [0.5, 0.6) is 0 Å². The number of likely N-dealkylation sites (N-methyl/N-ethyl adjacent to an activating group) is 1. The molecule has 2 fully saturated rings. The number of hydrogen-bond donors (Lipinski definition) is 0. The topological polar surface area (TPSA) is 9.72 Å². The van der Waals surface area contributed by atoms with E-state index in [9.17, 15) is 0 Å². The molecule has 2 saturated heterocycles. The van der Waals surface area contributed by atoms with E-state index in [1.807, 2.05) is 0 Å². The third-order valence-corrected chi connectivity index (χ3v) is 3.77. The van der Waals surface area contributed by atoms with Gasteiger partial charge in [-0.2, -0.15) is 0 Å². The molecule has 0 spiro atoms. The zero-order valence-corrected chi connectivity index (χ0v) is 10.2. The van der Waals surface area contributed by atoms with Crippen LogP contribution in [0.2, 0.25) is 0 Å². The SMILES string of the molecule is C[C](N1CCCCC1)N1CCN(C)CC1. The molecule has 15 heavy (non-hydrogen) atoms. The summed E-state index contributed by atoms with van der Waals surface area (Å²) < 4.78 is 0. The average Bonchev–Trinajstić information content (AvgIpc) is 2.30. The summed E-state index contributed by atoms with van der Waals surface area (Å²) in [6.07, 6.45) is 5.70. The summed E-state index contributed by atoms with van der Waals surface area (Å²) in [5.74, 6) is 0. The van der Waals surface area contributed by atoms with Crippen LogP contribution in [-0.2, 0) is 0 Å². The zero-order valence-electron chi connectivity index (χ0n) is 10.2. The first-order chi connectivity index (χ1) is 7.27. The standard InChI is InChI=1S/C12H24N3/c1-12(14-6-4-3-5-7-14)15-10-8-13(2)9-11-15/h3-11H2,1-2H3. The third kappa shape index (κ3) is 2.92. The van der Waals surface area contributed by atoms with Crippen molar-refractivity contribution in [3.63, 3.8) is 0 Å². The summed E-state index contributed by atoms with van der Waals surface area (Å²) >= 11 is 0. The van der Waals surface area contributed by atoms with E-state index in [-0.39, 0.29) is 0 Å². The first-order valence-electron chi connectivity index (χ1n) is 6.29. The lowest BCUT2D eigenvalue weighted by Gasteiger charge is -2.42. The van der Waals surface area contributed by atoms with Crippen LogP contribution in [0.15, 0.2) is 0 Å². The Balaban J connectivity index is 1.81. The van der Waals surface area contributed by atoms with Crippen molar-refractivity contribution < 1.29 is 0 Å². The molecule has 0 aromatic rings. The van der Waals surface area contributed by atoms with Crippen molar-refractivity contribution in [1.82, 2.24) is 14.7 Å². The molecule has 3 nitrogen and oxygen atoms in total. The monoisotopic (exact) mass is 210 g/mol. The van der Waals surface area contributed by atoms with Crippen molar-refractivity contribution in [2.45, 2.75) is 26.2 Å². The molecule has 3 heteroatoms. The predicted molar refractivity (Wildman–Crippen MR) is 63.4 cm³/mol. The summed E-state index contributed by atoms with van der Waals surface area (Å²) in [5, 5.41) is 0. The molecule has 1 radical (unpaired) electrons. The molecule has 2 aliphatic heterocycles. The lowest BCUT2D eigenvalue weighted by atomic mass is 10.1. The van der Waals surface area contributed by atoms with Crippen LogP contribution in [0.3, 0.4) is 0 Å². The molecule has 0 unspecified atom stereocenters. The van der Waals surface area contributed by atoms with Gasteiger partial charge in [-0.15, -0.1) is 0 Å². The molecular formula is C12H24N3. The number of nitrogens with zero attached hydrogens (tertiary/aromatic N) is 3. The molecule has 0 bridgehead atoms. The molecule has 87 valence electrons. The van der Waals surface area contributed by atoms with Crippen LogP contribution in [-0.4, -0.2) is 61.0 Å². The van der Waals surface area contributed by atoms with Crippen LogP contribution in [0.25, 0.3) is 0 Å². The van der Waals surface area contributed by atoms with Crippen LogP contribution in [0, 0.1) is 6.17 Å². The van der Waals surface area contributed by atoms with Crippen LogP contribution in [0.4, 0.5) is 0 Å². The molecule has 0 amide bonds. The van der Waals surface area contributed by atoms with Gasteiger partial charge in [0.15, 0.2) is 0 Å². The Kier molecular flexibility index (Phi) is 4.00. The highest BCUT2D eigenvalue weighted by atomic mass is 15.4. The van der Waals surface area contributed by atoms with Gasteiger partial charge < -0.3 is 4.90 Å². The molecule has 0 atom stereocenters. The van der Waals surface area contributed by atoms with Gasteiger partial charge in [-0.05, 0) is 39.9 Å². The van der Waals surface area contributed by atoms with Crippen LogP contribution in [0.1, 0.15) is 26.2 Å². The van der Waals surface area contributed by atoms with Gasteiger partial charge >= 0.3 is 0 Å².